The van der Waals surface area contributed by atoms with Crippen LogP contribution >= 0.6 is 15.9 Å². The highest BCUT2D eigenvalue weighted by molar-refractivity contribution is 9.10. The van der Waals surface area contributed by atoms with Crippen molar-refractivity contribution < 1.29 is 14.3 Å². The molecule has 1 saturated heterocycles. The quantitative estimate of drug-likeness (QED) is 0.923. The Morgan fingerprint density at radius 2 is 2.37 bits per heavy atom. The number of halogens is 1. The molecular formula is C14H18BrNO3. The van der Waals surface area contributed by atoms with Crippen LogP contribution in [0.2, 0.25) is 0 Å². The van der Waals surface area contributed by atoms with E-state index in [2.05, 4.69) is 21.2 Å². The van der Waals surface area contributed by atoms with Crippen LogP contribution in [-0.2, 0) is 9.47 Å². The van der Waals surface area contributed by atoms with E-state index in [0.29, 0.717) is 25.3 Å². The summed E-state index contributed by atoms with van der Waals surface area (Å²) in [6.07, 6.45) is 0.807. The molecule has 5 heteroatoms. The van der Waals surface area contributed by atoms with Crippen LogP contribution in [-0.4, -0.2) is 38.4 Å². The van der Waals surface area contributed by atoms with Crippen molar-refractivity contribution in [2.45, 2.75) is 18.9 Å². The number of amides is 1. The second-order valence-corrected chi connectivity index (χ2v) is 5.64. The van der Waals surface area contributed by atoms with Crippen LogP contribution in [0.3, 0.4) is 0 Å². The predicted molar refractivity (Wildman–Crippen MR) is 76.4 cm³/mol. The second kappa shape index (κ2) is 6.03. The number of hydrogen-bond acceptors (Lipinski definition) is 3. The van der Waals surface area contributed by atoms with Crippen LogP contribution < -0.4 is 5.32 Å². The topological polar surface area (TPSA) is 47.6 Å². The molecule has 1 N–H and O–H groups in total. The van der Waals surface area contributed by atoms with E-state index in [4.69, 9.17) is 9.47 Å². The summed E-state index contributed by atoms with van der Waals surface area (Å²) < 4.78 is 11.8. The standard InChI is InChI=1S/C14H18BrNO3/c1-10-11(4-3-5-12(10)15)13(17)16-8-14(18-2)6-7-19-9-14/h3-5H,6-9H2,1-2H3,(H,16,17). The molecule has 104 valence electrons. The van der Waals surface area contributed by atoms with E-state index in [1.54, 1.807) is 7.11 Å². The third-order valence-corrected chi connectivity index (χ3v) is 4.44. The maximum absolute atomic E-state index is 12.2. The molecule has 0 aliphatic carbocycles. The first kappa shape index (κ1) is 14.5. The van der Waals surface area contributed by atoms with E-state index in [1.165, 1.54) is 0 Å². The van der Waals surface area contributed by atoms with Gasteiger partial charge in [0.2, 0.25) is 0 Å². The van der Waals surface area contributed by atoms with Gasteiger partial charge in [0.25, 0.3) is 5.91 Å². The zero-order valence-corrected chi connectivity index (χ0v) is 12.7. The van der Waals surface area contributed by atoms with Crippen molar-refractivity contribution in [2.75, 3.05) is 26.9 Å². The molecule has 19 heavy (non-hydrogen) atoms. The van der Waals surface area contributed by atoms with Gasteiger partial charge in [-0.2, -0.15) is 0 Å². The van der Waals surface area contributed by atoms with Crippen LogP contribution in [0.5, 0.6) is 0 Å². The molecule has 1 aliphatic heterocycles. The maximum Gasteiger partial charge on any atom is 0.251 e. The fourth-order valence-electron chi connectivity index (χ4n) is 2.15. The van der Waals surface area contributed by atoms with Crippen molar-refractivity contribution in [3.8, 4) is 0 Å². The molecule has 1 aromatic rings. The lowest BCUT2D eigenvalue weighted by atomic mass is 10.0. The summed E-state index contributed by atoms with van der Waals surface area (Å²) in [6.45, 7) is 3.60. The van der Waals surface area contributed by atoms with E-state index in [9.17, 15) is 4.79 Å². The lowest BCUT2D eigenvalue weighted by Gasteiger charge is -2.26. The largest absolute Gasteiger partial charge is 0.378 e. The lowest BCUT2D eigenvalue weighted by molar-refractivity contribution is -0.0148. The van der Waals surface area contributed by atoms with Crippen molar-refractivity contribution in [1.29, 1.82) is 0 Å². The van der Waals surface area contributed by atoms with Gasteiger partial charge in [-0.05, 0) is 24.6 Å². The number of carbonyl (C=O) groups is 1. The van der Waals surface area contributed by atoms with Gasteiger partial charge in [-0.3, -0.25) is 4.79 Å². The van der Waals surface area contributed by atoms with E-state index < -0.39 is 0 Å². The third kappa shape index (κ3) is 3.16. The van der Waals surface area contributed by atoms with E-state index >= 15 is 0 Å². The molecule has 1 aliphatic rings. The van der Waals surface area contributed by atoms with Crippen LogP contribution in [0.25, 0.3) is 0 Å². The van der Waals surface area contributed by atoms with Crippen molar-refractivity contribution in [3.05, 3.63) is 33.8 Å². The Kier molecular flexibility index (Phi) is 4.60. The molecule has 0 aromatic heterocycles. The molecule has 4 nitrogen and oxygen atoms in total. The van der Waals surface area contributed by atoms with E-state index in [1.807, 2.05) is 25.1 Å². The van der Waals surface area contributed by atoms with Gasteiger partial charge in [0, 0.05) is 36.7 Å². The monoisotopic (exact) mass is 327 g/mol. The maximum atomic E-state index is 12.2. The Morgan fingerprint density at radius 1 is 1.58 bits per heavy atom. The van der Waals surface area contributed by atoms with Crippen LogP contribution in [0.15, 0.2) is 22.7 Å². The number of hydrogen-bond donors (Lipinski definition) is 1. The normalized spacial score (nSPS) is 22.5. The molecule has 1 fully saturated rings. The molecule has 2 rings (SSSR count). The molecule has 0 spiro atoms. The van der Waals surface area contributed by atoms with Crippen LogP contribution in [0.4, 0.5) is 0 Å². The molecule has 1 unspecified atom stereocenters. The van der Waals surface area contributed by atoms with Gasteiger partial charge in [-0.1, -0.05) is 22.0 Å². The molecule has 1 atom stereocenters. The smallest absolute Gasteiger partial charge is 0.251 e. The molecular weight excluding hydrogens is 310 g/mol. The predicted octanol–water partition coefficient (Wildman–Crippen LogP) is 2.29. The summed E-state index contributed by atoms with van der Waals surface area (Å²) in [7, 11) is 1.66. The molecule has 1 amide bonds. The number of nitrogens with one attached hydrogen (secondary N) is 1. The SMILES string of the molecule is COC1(CNC(=O)c2cccc(Br)c2C)CCOC1. The van der Waals surface area contributed by atoms with E-state index in [-0.39, 0.29) is 11.5 Å². The molecule has 1 heterocycles. The van der Waals surface area contributed by atoms with Gasteiger partial charge in [-0.15, -0.1) is 0 Å². The Morgan fingerprint density at radius 3 is 3.00 bits per heavy atom. The van der Waals surface area contributed by atoms with E-state index in [0.717, 1.165) is 16.5 Å². The molecule has 0 bridgehead atoms. The van der Waals surface area contributed by atoms with Gasteiger partial charge in [0.15, 0.2) is 0 Å². The van der Waals surface area contributed by atoms with Crippen molar-refractivity contribution in [1.82, 2.24) is 5.32 Å². The van der Waals surface area contributed by atoms with Crippen LogP contribution in [0.1, 0.15) is 22.3 Å². The minimum atomic E-state index is -0.379. The first-order valence-corrected chi connectivity index (χ1v) is 7.03. The summed E-state index contributed by atoms with van der Waals surface area (Å²) >= 11 is 3.43. The highest BCUT2D eigenvalue weighted by atomic mass is 79.9. The Hall–Kier alpha value is -0.910. The highest BCUT2D eigenvalue weighted by Gasteiger charge is 2.35. The van der Waals surface area contributed by atoms with Crippen molar-refractivity contribution in [2.24, 2.45) is 0 Å². The fraction of sp³-hybridized carbons (Fsp3) is 0.500. The fourth-order valence-corrected chi connectivity index (χ4v) is 2.52. The number of carbonyl (C=O) groups excluding carboxylic acids is 1. The van der Waals surface area contributed by atoms with Gasteiger partial charge >= 0.3 is 0 Å². The Labute approximate surface area is 121 Å². The number of ether oxygens (including phenoxy) is 2. The summed E-state index contributed by atoms with van der Waals surface area (Å²) in [5, 5.41) is 2.94. The lowest BCUT2D eigenvalue weighted by Crippen LogP contribution is -2.45. The first-order chi connectivity index (χ1) is 9.08. The van der Waals surface area contributed by atoms with Crippen molar-refractivity contribution in [3.63, 3.8) is 0 Å². The number of rotatable bonds is 4. The summed E-state index contributed by atoms with van der Waals surface area (Å²) in [4.78, 5) is 12.2. The zero-order valence-electron chi connectivity index (χ0n) is 11.2. The summed E-state index contributed by atoms with van der Waals surface area (Å²) in [5.74, 6) is -0.0814. The highest BCUT2D eigenvalue weighted by Crippen LogP contribution is 2.22. The number of benzene rings is 1. The first-order valence-electron chi connectivity index (χ1n) is 6.24. The Balaban J connectivity index is 2.03. The van der Waals surface area contributed by atoms with Crippen molar-refractivity contribution >= 4 is 21.8 Å². The van der Waals surface area contributed by atoms with Gasteiger partial charge in [0.05, 0.1) is 6.61 Å². The van der Waals surface area contributed by atoms with Gasteiger partial charge in [0.1, 0.15) is 5.60 Å². The van der Waals surface area contributed by atoms with Gasteiger partial charge < -0.3 is 14.8 Å². The molecule has 0 saturated carbocycles. The average Bonchev–Trinajstić information content (AvgIpc) is 2.89. The molecule has 0 radical (unpaired) electrons. The zero-order chi connectivity index (χ0) is 13.9. The minimum absolute atomic E-state index is 0.0814. The van der Waals surface area contributed by atoms with Crippen LogP contribution in [0, 0.1) is 6.92 Å². The summed E-state index contributed by atoms with van der Waals surface area (Å²) in [5.41, 5.74) is 1.24. The van der Waals surface area contributed by atoms with Gasteiger partial charge in [-0.25, -0.2) is 0 Å². The number of methoxy groups -OCH3 is 1. The Bertz CT molecular complexity index is 470. The molecule has 1 aromatic carbocycles. The minimum Gasteiger partial charge on any atom is -0.378 e. The second-order valence-electron chi connectivity index (χ2n) is 4.78. The third-order valence-electron chi connectivity index (χ3n) is 3.58. The summed E-state index contributed by atoms with van der Waals surface area (Å²) in [6, 6.07) is 5.60. The average molecular weight is 328 g/mol.